The van der Waals surface area contributed by atoms with E-state index in [1.54, 1.807) is 121 Å². The first kappa shape index (κ1) is 68.7. The summed E-state index contributed by atoms with van der Waals surface area (Å²) in [7, 11) is 2.00. The molecule has 85 heavy (non-hydrogen) atoms. The minimum absolute atomic E-state index is 0. The molecule has 8 aromatic carbocycles. The smallest absolute Gasteiger partial charge is 0.872 e. The average Bonchev–Trinajstić information content (AvgIpc) is 3.44. The van der Waals surface area contributed by atoms with Crippen molar-refractivity contribution in [3.05, 3.63) is 237 Å². The van der Waals surface area contributed by atoms with Gasteiger partial charge in [0.2, 0.25) is 0 Å². The Morgan fingerprint density at radius 1 is 0.435 bits per heavy atom. The number of aliphatic imine (C=N–C) groups is 4. The van der Waals surface area contributed by atoms with Crippen LogP contribution in [0.25, 0.3) is 0 Å². The van der Waals surface area contributed by atoms with E-state index in [-0.39, 0.29) is 119 Å². The van der Waals surface area contributed by atoms with E-state index in [1.807, 2.05) is 34.1 Å². The van der Waals surface area contributed by atoms with Gasteiger partial charge in [0, 0.05) is 121 Å². The molecule has 0 aliphatic carbocycles. The molecule has 6 N–H and O–H groups in total. The maximum absolute atomic E-state index is 14.3. The van der Waals surface area contributed by atoms with E-state index in [2.05, 4.69) is 0 Å². The zero-order valence-corrected chi connectivity index (χ0v) is 50.2. The zero-order valence-electron chi connectivity index (χ0n) is 45.5. The Kier molecular flexibility index (Phi) is 27.7. The number of hydrogen-bond acceptors (Lipinski definition) is 17. The molecule has 9 rings (SSSR count). The first-order chi connectivity index (χ1) is 40.4. The van der Waals surface area contributed by atoms with Crippen molar-refractivity contribution >= 4 is 94.0 Å². The molecule has 447 valence electrons. The second-order valence-corrected chi connectivity index (χ2v) is 20.2. The number of aliphatic hydroxyl groups excluding tert-OH is 2. The van der Waals surface area contributed by atoms with Crippen LogP contribution in [-0.2, 0) is 39.0 Å². The Labute approximate surface area is 549 Å². The van der Waals surface area contributed by atoms with Crippen LogP contribution >= 0.6 is 46.4 Å². The monoisotopic (exact) mass is 1390 g/mol. The first-order valence-electron chi connectivity index (χ1n) is 25.5. The molecule has 23 heteroatoms. The SMILES string of the molecule is CO.CO.O=[N+]([O-])[O-].[O-]c1c2cc(Cl)cc1CN(CCc1ccc(O)cc1)Cc1cc(Cl)cc(c1O)C=Nc1ccccc1N=Cc1cc(Cl)cc(c1[O-])CN(CCc1ccc(O)cc1)Cc1cc(Cl)cc(c1O)C=Nc1ccccc1N=C2.[Yb+3]. The molecule has 1 heterocycles. The molecule has 0 spiro atoms. The Balaban J connectivity index is 0.00000139. The van der Waals surface area contributed by atoms with Gasteiger partial charge in [0.05, 0.1) is 27.8 Å². The van der Waals surface area contributed by atoms with Crippen molar-refractivity contribution in [2.45, 2.75) is 39.0 Å². The predicted molar refractivity (Wildman–Crippen MR) is 328 cm³/mol. The van der Waals surface area contributed by atoms with Gasteiger partial charge in [-0.15, -0.1) is 0 Å². The standard InChI is InChI=1S/C60H50Cl4N6O6.2CH4O.NO3.Yb/c61-47-21-39-29-65-53-5-1-2-6-54(53)66-30-40-22-48(62)26-44(58(40)74)34-70(20-18-38-11-15-52(72)16-12-38)36-46-28-50(64)24-42(60(46)76)32-68-56-8-4-3-7-55(56)67-31-41-23-49(63)27-45(59(41)75)35-69(33-43(25-47)57(39)73)19-17-37-9-13-51(71)14-10-37;2*1-2;2-1(3)4;/h1-16,21-32,71-76H,17-20,33-36H2;2*2H,1H3;;/q;;;-1;+3/p-2. The molecule has 8 bridgehead atoms. The van der Waals surface area contributed by atoms with Crippen molar-refractivity contribution in [2.75, 3.05) is 27.3 Å². The maximum atomic E-state index is 14.3. The van der Waals surface area contributed by atoms with Gasteiger partial charge < -0.3 is 56.2 Å². The van der Waals surface area contributed by atoms with Crippen molar-refractivity contribution in [1.29, 1.82) is 0 Å². The Hall–Kier alpha value is -7.04. The van der Waals surface area contributed by atoms with Crippen LogP contribution in [-0.4, -0.2) is 97.7 Å². The number of hydrogen-bond donors (Lipinski definition) is 6. The number of rotatable bonds is 6. The molecular formula is C62H56Cl4N7O11Yb. The number of benzene rings is 8. The van der Waals surface area contributed by atoms with Gasteiger partial charge in [-0.05, 0) is 143 Å². The molecule has 0 aromatic heterocycles. The van der Waals surface area contributed by atoms with E-state index < -0.39 is 5.09 Å². The molecular weight excluding hydrogens is 1330 g/mol. The van der Waals surface area contributed by atoms with Gasteiger partial charge in [0.25, 0.3) is 0 Å². The summed E-state index contributed by atoms with van der Waals surface area (Å²) < 4.78 is 0. The van der Waals surface area contributed by atoms with Crippen molar-refractivity contribution in [3.8, 4) is 34.5 Å². The van der Waals surface area contributed by atoms with Gasteiger partial charge >= 0.3 is 46.9 Å². The fraction of sp³-hybridized carbons (Fsp3) is 0.161. The molecule has 1 aliphatic heterocycles. The summed E-state index contributed by atoms with van der Waals surface area (Å²) in [4.78, 5) is 31.1. The molecule has 18 nitrogen and oxygen atoms in total. The van der Waals surface area contributed by atoms with Crippen LogP contribution < -0.4 is 10.2 Å². The molecule has 8 aromatic rings. The molecule has 0 amide bonds. The molecule has 0 atom stereocenters. The summed E-state index contributed by atoms with van der Waals surface area (Å²) in [6, 6.07) is 40.8. The van der Waals surface area contributed by atoms with Gasteiger partial charge in [0.15, 0.2) is 0 Å². The summed E-state index contributed by atoms with van der Waals surface area (Å²) >= 11 is 26.9. The third-order valence-corrected chi connectivity index (χ3v) is 13.6. The van der Waals surface area contributed by atoms with E-state index >= 15 is 0 Å². The molecule has 1 aliphatic rings. The second kappa shape index (κ2) is 34.2. The van der Waals surface area contributed by atoms with Crippen LogP contribution in [0.2, 0.25) is 20.1 Å². The topological polar surface area (TPSA) is 290 Å². The van der Waals surface area contributed by atoms with Crippen molar-refractivity contribution in [1.82, 2.24) is 9.80 Å². The van der Waals surface area contributed by atoms with E-state index in [4.69, 9.17) is 91.9 Å². The Bertz CT molecular complexity index is 3250. The van der Waals surface area contributed by atoms with Crippen LogP contribution in [0.15, 0.2) is 166 Å². The van der Waals surface area contributed by atoms with Gasteiger partial charge in [-0.25, -0.2) is 0 Å². The fourth-order valence-electron chi connectivity index (χ4n) is 8.78. The van der Waals surface area contributed by atoms with Crippen LogP contribution in [0.4, 0.5) is 22.7 Å². The van der Waals surface area contributed by atoms with Crippen LogP contribution in [0, 0.1) is 62.2 Å². The Morgan fingerprint density at radius 2 is 0.694 bits per heavy atom. The maximum Gasteiger partial charge on any atom is 3.00 e. The van der Waals surface area contributed by atoms with Gasteiger partial charge in [-0.1, -0.05) is 106 Å². The largest absolute Gasteiger partial charge is 3.00 e. The fourth-order valence-corrected chi connectivity index (χ4v) is 9.78. The quantitative estimate of drug-likeness (QED) is 0.0668. The number of fused-ring (bicyclic) bond motifs is 10. The van der Waals surface area contributed by atoms with Crippen LogP contribution in [0.3, 0.4) is 0 Å². The van der Waals surface area contributed by atoms with Gasteiger partial charge in [-0.2, -0.15) is 0 Å². The minimum atomic E-state index is -1.75. The van der Waals surface area contributed by atoms with Crippen LogP contribution in [0.5, 0.6) is 34.5 Å². The van der Waals surface area contributed by atoms with Crippen LogP contribution in [0.1, 0.15) is 55.6 Å². The molecule has 0 saturated carbocycles. The van der Waals surface area contributed by atoms with E-state index in [1.165, 1.54) is 24.9 Å². The van der Waals surface area contributed by atoms with E-state index in [9.17, 15) is 30.6 Å². The summed E-state index contributed by atoms with van der Waals surface area (Å²) in [5.41, 5.74) is 6.44. The summed E-state index contributed by atoms with van der Waals surface area (Å²) in [6.07, 6.45) is 6.94. The molecule has 0 saturated heterocycles. The number of para-hydroxylation sites is 4. The van der Waals surface area contributed by atoms with Crippen molar-refractivity contribution < 1.29 is 92.9 Å². The van der Waals surface area contributed by atoms with Gasteiger partial charge in [0.1, 0.15) is 23.0 Å². The van der Waals surface area contributed by atoms with E-state index in [0.29, 0.717) is 102 Å². The van der Waals surface area contributed by atoms with Gasteiger partial charge in [-0.3, -0.25) is 29.8 Å². The Morgan fingerprint density at radius 3 is 1.00 bits per heavy atom. The third-order valence-electron chi connectivity index (χ3n) is 12.7. The summed E-state index contributed by atoms with van der Waals surface area (Å²) in [5.74, 6) is -0.474. The number of aliphatic hydroxyl groups is 2. The number of aromatic hydroxyl groups is 4. The molecule has 0 fully saturated rings. The third kappa shape index (κ3) is 20.6. The normalized spacial score (nSPS) is 12.5. The number of phenolic OH excluding ortho intramolecular Hbond substituents is 4. The molecule has 1 radical (unpaired) electrons. The zero-order chi connectivity index (χ0) is 60.9. The number of nitrogens with zero attached hydrogens (tertiary/aromatic N) is 7. The minimum Gasteiger partial charge on any atom is -0.872 e. The van der Waals surface area contributed by atoms with Crippen molar-refractivity contribution in [3.63, 3.8) is 0 Å². The molecule has 0 unspecified atom stereocenters. The number of phenols is 4. The summed E-state index contributed by atoms with van der Waals surface area (Å²) in [5, 5.41) is 102. The summed E-state index contributed by atoms with van der Waals surface area (Å²) in [6.45, 7) is 1.42. The number of halogens is 4. The predicted octanol–water partition coefficient (Wildman–Crippen LogP) is 12.1. The first-order valence-corrected chi connectivity index (χ1v) is 27.0. The average molecular weight is 1390 g/mol. The van der Waals surface area contributed by atoms with Crippen molar-refractivity contribution in [2.24, 2.45) is 20.0 Å². The van der Waals surface area contributed by atoms with E-state index in [0.717, 1.165) is 25.3 Å². The second-order valence-electron chi connectivity index (χ2n) is 18.5.